The molecule has 0 bridgehead atoms. The van der Waals surface area contributed by atoms with E-state index in [0.29, 0.717) is 52.1 Å². The number of esters is 1. The first-order chi connectivity index (χ1) is 11.5. The molecule has 2 heterocycles. The third-order valence-electron chi connectivity index (χ3n) is 3.87. The Morgan fingerprint density at radius 1 is 0.875 bits per heavy atom. The number of carboxylic acid groups (broad SMARTS) is 1. The maximum Gasteiger partial charge on any atom is 0.374 e. The van der Waals surface area contributed by atoms with Crippen LogP contribution in [-0.2, 0) is 33.4 Å². The summed E-state index contributed by atoms with van der Waals surface area (Å²) >= 11 is 0. The molecule has 0 aromatic heterocycles. The van der Waals surface area contributed by atoms with Gasteiger partial charge < -0.3 is 19.3 Å². The Hall–Kier alpha value is -1.80. The maximum absolute atomic E-state index is 11.4. The van der Waals surface area contributed by atoms with Crippen molar-refractivity contribution in [2.24, 2.45) is 11.8 Å². The van der Waals surface area contributed by atoms with Crippen molar-refractivity contribution in [2.75, 3.05) is 33.0 Å². The third kappa shape index (κ3) is 6.76. The summed E-state index contributed by atoms with van der Waals surface area (Å²) in [4.78, 5) is 43.4. The summed E-state index contributed by atoms with van der Waals surface area (Å²) in [5, 5.41) is 8.34. The highest BCUT2D eigenvalue weighted by Crippen LogP contribution is 2.16. The van der Waals surface area contributed by atoms with Gasteiger partial charge in [-0.25, -0.2) is 9.59 Å². The van der Waals surface area contributed by atoms with Gasteiger partial charge in [0.05, 0.1) is 6.61 Å². The Kier molecular flexibility index (Phi) is 9.18. The Balaban J connectivity index is 0.000000243. The SMILES string of the molecule is CCOC(=O)C(=O)C1CCOCC1.O=C(O)C(=O)C1CCOCC1. The van der Waals surface area contributed by atoms with Crippen LogP contribution in [0.15, 0.2) is 0 Å². The summed E-state index contributed by atoms with van der Waals surface area (Å²) in [6.07, 6.45) is 2.37. The van der Waals surface area contributed by atoms with Crippen molar-refractivity contribution in [1.82, 2.24) is 0 Å². The molecule has 0 aromatic carbocycles. The van der Waals surface area contributed by atoms with Crippen LogP contribution in [-0.4, -0.2) is 61.6 Å². The largest absolute Gasteiger partial charge is 0.475 e. The van der Waals surface area contributed by atoms with Gasteiger partial charge in [-0.05, 0) is 32.6 Å². The first-order valence-corrected chi connectivity index (χ1v) is 8.11. The summed E-state index contributed by atoms with van der Waals surface area (Å²) in [6, 6.07) is 0. The number of carbonyl (C=O) groups excluding carboxylic acids is 3. The molecule has 2 aliphatic heterocycles. The molecule has 0 atom stereocenters. The van der Waals surface area contributed by atoms with E-state index in [0.717, 1.165) is 0 Å². The monoisotopic (exact) mass is 344 g/mol. The van der Waals surface area contributed by atoms with E-state index < -0.39 is 23.5 Å². The van der Waals surface area contributed by atoms with E-state index in [2.05, 4.69) is 4.74 Å². The fraction of sp³-hybridized carbons (Fsp3) is 0.750. The van der Waals surface area contributed by atoms with Crippen LogP contribution in [0.5, 0.6) is 0 Å². The minimum atomic E-state index is -1.32. The molecule has 0 spiro atoms. The minimum Gasteiger partial charge on any atom is -0.475 e. The van der Waals surface area contributed by atoms with Crippen molar-refractivity contribution in [3.63, 3.8) is 0 Å². The summed E-state index contributed by atoms with van der Waals surface area (Å²) < 4.78 is 14.7. The summed E-state index contributed by atoms with van der Waals surface area (Å²) in [6.45, 7) is 4.09. The number of hydrogen-bond acceptors (Lipinski definition) is 7. The quantitative estimate of drug-likeness (QED) is 0.570. The smallest absolute Gasteiger partial charge is 0.374 e. The molecule has 0 aromatic rings. The molecule has 8 nitrogen and oxygen atoms in total. The van der Waals surface area contributed by atoms with E-state index >= 15 is 0 Å². The van der Waals surface area contributed by atoms with Crippen LogP contribution in [0, 0.1) is 11.8 Å². The molecule has 2 saturated heterocycles. The van der Waals surface area contributed by atoms with Gasteiger partial charge in [0.15, 0.2) is 0 Å². The van der Waals surface area contributed by atoms with Gasteiger partial charge in [-0.3, -0.25) is 9.59 Å². The average molecular weight is 344 g/mol. The van der Waals surface area contributed by atoms with E-state index in [-0.39, 0.29) is 18.4 Å². The van der Waals surface area contributed by atoms with Crippen LogP contribution in [0.1, 0.15) is 32.6 Å². The van der Waals surface area contributed by atoms with Crippen molar-refractivity contribution in [3.8, 4) is 0 Å². The lowest BCUT2D eigenvalue weighted by Crippen LogP contribution is -2.30. The molecule has 0 saturated carbocycles. The zero-order valence-corrected chi connectivity index (χ0v) is 13.8. The van der Waals surface area contributed by atoms with Gasteiger partial charge >= 0.3 is 11.9 Å². The van der Waals surface area contributed by atoms with Crippen LogP contribution < -0.4 is 0 Å². The zero-order chi connectivity index (χ0) is 17.9. The van der Waals surface area contributed by atoms with Crippen LogP contribution in [0.4, 0.5) is 0 Å². The standard InChI is InChI=1S/C9H14O4.C7H10O4/c1-2-13-9(11)8(10)7-3-5-12-6-4-7;8-6(7(9)10)5-1-3-11-4-2-5/h7H,2-6H2,1H3;5H,1-4H2,(H,9,10). The molecular weight excluding hydrogens is 320 g/mol. The molecule has 2 fully saturated rings. The Labute approximate surface area is 140 Å². The lowest BCUT2D eigenvalue weighted by atomic mass is 9.95. The van der Waals surface area contributed by atoms with Crippen molar-refractivity contribution >= 4 is 23.5 Å². The van der Waals surface area contributed by atoms with Gasteiger partial charge in [0.1, 0.15) is 0 Å². The zero-order valence-electron chi connectivity index (χ0n) is 13.8. The summed E-state index contributed by atoms with van der Waals surface area (Å²) in [5.74, 6) is -3.60. The van der Waals surface area contributed by atoms with Gasteiger partial charge in [0.25, 0.3) is 0 Å². The molecule has 2 rings (SSSR count). The van der Waals surface area contributed by atoms with Gasteiger partial charge in [-0.15, -0.1) is 0 Å². The molecule has 2 aliphatic rings. The number of carbonyl (C=O) groups is 4. The molecule has 0 radical (unpaired) electrons. The Bertz CT molecular complexity index is 447. The van der Waals surface area contributed by atoms with Crippen LogP contribution in [0.2, 0.25) is 0 Å². The fourth-order valence-electron chi connectivity index (χ4n) is 2.46. The Morgan fingerprint density at radius 2 is 1.29 bits per heavy atom. The molecule has 8 heteroatoms. The number of aliphatic carboxylic acids is 1. The second-order valence-electron chi connectivity index (χ2n) is 5.53. The number of hydrogen-bond donors (Lipinski definition) is 1. The van der Waals surface area contributed by atoms with E-state index in [1.165, 1.54) is 0 Å². The maximum atomic E-state index is 11.4. The summed E-state index contributed by atoms with van der Waals surface area (Å²) in [7, 11) is 0. The second-order valence-corrected chi connectivity index (χ2v) is 5.53. The van der Waals surface area contributed by atoms with Crippen molar-refractivity contribution < 1.29 is 38.5 Å². The third-order valence-corrected chi connectivity index (χ3v) is 3.87. The van der Waals surface area contributed by atoms with Crippen molar-refractivity contribution in [3.05, 3.63) is 0 Å². The number of carboxylic acids is 1. The highest BCUT2D eigenvalue weighted by molar-refractivity contribution is 6.34. The van der Waals surface area contributed by atoms with Gasteiger partial charge in [-0.2, -0.15) is 0 Å². The van der Waals surface area contributed by atoms with Gasteiger partial charge in [0.2, 0.25) is 11.6 Å². The molecule has 1 N–H and O–H groups in total. The molecule has 0 aliphatic carbocycles. The first kappa shape index (κ1) is 20.2. The Morgan fingerprint density at radius 3 is 1.67 bits per heavy atom. The predicted octanol–water partition coefficient (Wildman–Crippen LogP) is 0.612. The molecule has 24 heavy (non-hydrogen) atoms. The highest BCUT2D eigenvalue weighted by atomic mass is 16.5. The van der Waals surface area contributed by atoms with Crippen molar-refractivity contribution in [2.45, 2.75) is 32.6 Å². The lowest BCUT2D eigenvalue weighted by Gasteiger charge is -2.19. The van der Waals surface area contributed by atoms with E-state index in [4.69, 9.17) is 14.6 Å². The predicted molar refractivity (Wildman–Crippen MR) is 81.4 cm³/mol. The van der Waals surface area contributed by atoms with Crippen LogP contribution in [0.25, 0.3) is 0 Å². The van der Waals surface area contributed by atoms with Gasteiger partial charge in [0, 0.05) is 38.3 Å². The van der Waals surface area contributed by atoms with E-state index in [9.17, 15) is 19.2 Å². The number of ether oxygens (including phenoxy) is 3. The van der Waals surface area contributed by atoms with Crippen LogP contribution in [0.3, 0.4) is 0 Å². The number of ketones is 2. The average Bonchev–Trinajstić information content (AvgIpc) is 2.62. The fourth-order valence-corrected chi connectivity index (χ4v) is 2.46. The van der Waals surface area contributed by atoms with E-state index in [1.54, 1.807) is 6.92 Å². The molecule has 136 valence electrons. The van der Waals surface area contributed by atoms with Crippen LogP contribution >= 0.6 is 0 Å². The number of Topliss-reactive ketones (excluding diaryl/α,β-unsaturated/α-hetero) is 2. The highest BCUT2D eigenvalue weighted by Gasteiger charge is 2.28. The first-order valence-electron chi connectivity index (χ1n) is 8.11. The molecule has 0 unspecified atom stereocenters. The minimum absolute atomic E-state index is 0.187. The number of rotatable bonds is 5. The second kappa shape index (κ2) is 10.9. The van der Waals surface area contributed by atoms with Crippen molar-refractivity contribution in [1.29, 1.82) is 0 Å². The lowest BCUT2D eigenvalue weighted by molar-refractivity contribution is -0.156. The van der Waals surface area contributed by atoms with E-state index in [1.807, 2.05) is 0 Å². The normalized spacial score (nSPS) is 18.9. The molecular formula is C16H24O8. The molecule has 0 amide bonds. The van der Waals surface area contributed by atoms with Gasteiger partial charge in [-0.1, -0.05) is 0 Å². The summed E-state index contributed by atoms with van der Waals surface area (Å²) in [5.41, 5.74) is 0. The topological polar surface area (TPSA) is 116 Å².